The molecule has 0 saturated carbocycles. The van der Waals surface area contributed by atoms with E-state index in [0.29, 0.717) is 0 Å². The molecule has 0 bridgehead atoms. The molecule has 0 amide bonds. The molecule has 0 aliphatic carbocycles. The normalized spacial score (nSPS) is 9.67. The molecule has 0 heterocycles. The molecule has 0 N–H and O–H groups in total. The van der Waals surface area contributed by atoms with Gasteiger partial charge in [0.1, 0.15) is 0 Å². The van der Waals surface area contributed by atoms with Crippen molar-refractivity contribution >= 4 is 1.80 Å². The molecular formula is CF2I2O-2. The summed E-state index contributed by atoms with van der Waals surface area (Å²) in [7, 11) is 0. The van der Waals surface area contributed by atoms with Gasteiger partial charge in [0, 0.05) is 0 Å². The molecule has 40 valence electrons. The zero-order chi connectivity index (χ0) is 4.99. The van der Waals surface area contributed by atoms with Crippen molar-refractivity contribution in [3.63, 3.8) is 0 Å². The van der Waals surface area contributed by atoms with Gasteiger partial charge in [-0.05, 0) is 0 Å². The molecule has 0 rings (SSSR count). The monoisotopic (exact) mass is 320 g/mol. The van der Waals surface area contributed by atoms with E-state index in [-0.39, 0.29) is 0 Å². The van der Waals surface area contributed by atoms with Crippen LogP contribution in [0.4, 0.5) is 10.5 Å². The third-order valence-corrected chi connectivity index (χ3v) is 2.82. The number of rotatable bonds is 2. The van der Waals surface area contributed by atoms with Crippen LogP contribution in [0.25, 0.3) is 0 Å². The van der Waals surface area contributed by atoms with E-state index in [9.17, 15) is 10.5 Å². The molecule has 0 atom stereocenters. The Balaban J connectivity index is 2.99. The van der Waals surface area contributed by atoms with Crippen LogP contribution in [0.2, 0.25) is 0 Å². The second-order valence-electron chi connectivity index (χ2n) is 0.369. The Bertz CT molecular complexity index is 49.5. The van der Waals surface area contributed by atoms with Crippen LogP contribution in [0, 0.1) is 0 Å². The summed E-state index contributed by atoms with van der Waals surface area (Å²) >= 11 is -3.84. The van der Waals surface area contributed by atoms with E-state index in [4.69, 9.17) is 0 Å². The van der Waals surface area contributed by atoms with Gasteiger partial charge in [-0.1, -0.05) is 0 Å². The minimum atomic E-state index is -1.92. The van der Waals surface area contributed by atoms with Gasteiger partial charge in [0.25, 0.3) is 0 Å². The maximum absolute atomic E-state index is 10.9. The molecule has 5 heteroatoms. The Kier molecular flexibility index (Phi) is 4.84. The average Bonchev–Trinajstić information content (AvgIpc) is 1.65. The van der Waals surface area contributed by atoms with Crippen molar-refractivity contribution in [2.75, 3.05) is 0 Å². The van der Waals surface area contributed by atoms with Crippen molar-refractivity contribution in [2.45, 2.75) is 0 Å². The van der Waals surface area contributed by atoms with Crippen LogP contribution in [-0.2, 0) is 0 Å². The first kappa shape index (κ1) is 6.99. The molecular weight excluding hydrogens is 320 g/mol. The van der Waals surface area contributed by atoms with Gasteiger partial charge < -0.3 is 0 Å². The minimum absolute atomic E-state index is 0.771. The van der Waals surface area contributed by atoms with Gasteiger partial charge >= 0.3 is 55.9 Å². The Labute approximate surface area is 55.6 Å². The van der Waals surface area contributed by atoms with Crippen LogP contribution in [0.15, 0.2) is 0 Å². The Hall–Kier alpha value is 0.990. The molecule has 0 fully saturated rings. The molecule has 0 unspecified atom stereocenters. The van der Waals surface area contributed by atoms with E-state index >= 15 is 0 Å². The molecule has 0 radical (unpaired) electrons. The van der Waals surface area contributed by atoms with Crippen LogP contribution in [0.3, 0.4) is 0 Å². The molecule has 0 aromatic heterocycles. The van der Waals surface area contributed by atoms with Crippen LogP contribution >= 0.6 is 0 Å². The number of hydrogen-bond donors (Lipinski definition) is 0. The van der Waals surface area contributed by atoms with Crippen LogP contribution in [-0.4, -0.2) is 1.80 Å². The Morgan fingerprint density at radius 3 is 1.67 bits per heavy atom. The van der Waals surface area contributed by atoms with Crippen molar-refractivity contribution in [1.82, 2.24) is 0 Å². The molecule has 0 spiro atoms. The molecule has 0 saturated heterocycles. The number of carbonyl (C=O) groups is 1. The van der Waals surface area contributed by atoms with Crippen molar-refractivity contribution in [3.05, 3.63) is 0 Å². The fourth-order valence-corrected chi connectivity index (χ4v) is 0.459. The molecule has 0 aliphatic rings. The quantitative estimate of drug-likeness (QED) is 0.368. The first-order valence-electron chi connectivity index (χ1n) is 0.868. The van der Waals surface area contributed by atoms with Crippen LogP contribution in [0.1, 0.15) is 0 Å². The SMILES string of the molecule is O=C([I-]F)[I-]F. The maximum atomic E-state index is 10.9. The summed E-state index contributed by atoms with van der Waals surface area (Å²) in [6, 6.07) is 0. The van der Waals surface area contributed by atoms with E-state index in [1.807, 2.05) is 0 Å². The Morgan fingerprint density at radius 2 is 1.67 bits per heavy atom. The number of carbonyl (C=O) groups excluding carboxylic acids is 1. The van der Waals surface area contributed by atoms with Gasteiger partial charge in [0.15, 0.2) is 0 Å². The Morgan fingerprint density at radius 1 is 1.33 bits per heavy atom. The van der Waals surface area contributed by atoms with Gasteiger partial charge in [-0.15, -0.1) is 0 Å². The van der Waals surface area contributed by atoms with Gasteiger partial charge in [-0.2, -0.15) is 0 Å². The molecule has 0 aliphatic heterocycles. The van der Waals surface area contributed by atoms with E-state index in [2.05, 4.69) is 0 Å². The second-order valence-corrected chi connectivity index (χ2v) is 5.21. The molecule has 0 aromatic carbocycles. The van der Waals surface area contributed by atoms with Gasteiger partial charge in [-0.3, -0.25) is 0 Å². The van der Waals surface area contributed by atoms with Gasteiger partial charge in [-0.25, -0.2) is 0 Å². The van der Waals surface area contributed by atoms with Crippen molar-refractivity contribution in [3.8, 4) is 0 Å². The van der Waals surface area contributed by atoms with Crippen LogP contribution in [0.5, 0.6) is 0 Å². The fourth-order valence-electron chi connectivity index (χ4n) is 0.0102. The molecule has 6 heavy (non-hydrogen) atoms. The number of halogens is 4. The average molecular weight is 320 g/mol. The van der Waals surface area contributed by atoms with Crippen molar-refractivity contribution < 1.29 is 54.1 Å². The number of hydrogen-bond acceptors (Lipinski definition) is 1. The van der Waals surface area contributed by atoms with E-state index < -0.39 is 45.4 Å². The summed E-state index contributed by atoms with van der Waals surface area (Å²) in [5.41, 5.74) is 0. The summed E-state index contributed by atoms with van der Waals surface area (Å²) in [6.45, 7) is 0. The van der Waals surface area contributed by atoms with Crippen LogP contribution < -0.4 is 43.6 Å². The van der Waals surface area contributed by atoms with Gasteiger partial charge in [0.05, 0.1) is 0 Å². The second kappa shape index (κ2) is 4.16. The zero-order valence-electron chi connectivity index (χ0n) is 2.42. The summed E-state index contributed by atoms with van der Waals surface area (Å²) in [5.74, 6) is 0. The van der Waals surface area contributed by atoms with Gasteiger partial charge in [0.2, 0.25) is 0 Å². The van der Waals surface area contributed by atoms with E-state index in [1.54, 1.807) is 0 Å². The van der Waals surface area contributed by atoms with Crippen molar-refractivity contribution in [1.29, 1.82) is 0 Å². The fraction of sp³-hybridized carbons (Fsp3) is 0. The van der Waals surface area contributed by atoms with Crippen molar-refractivity contribution in [2.24, 2.45) is 0 Å². The summed E-state index contributed by atoms with van der Waals surface area (Å²) in [4.78, 5) is 9.53. The summed E-state index contributed by atoms with van der Waals surface area (Å²) < 4.78 is 21.1. The summed E-state index contributed by atoms with van der Waals surface area (Å²) in [5, 5.41) is 0. The molecule has 1 nitrogen and oxygen atoms in total. The predicted molar refractivity (Wildman–Crippen MR) is 7.61 cm³/mol. The summed E-state index contributed by atoms with van der Waals surface area (Å²) in [6.07, 6.45) is 0. The first-order chi connectivity index (χ1) is 2.81. The first-order valence-corrected chi connectivity index (χ1v) is 4.66. The predicted octanol–water partition coefficient (Wildman–Crippen LogP) is -4.95. The van der Waals surface area contributed by atoms with E-state index in [0.717, 1.165) is 0 Å². The molecule has 0 aromatic rings. The van der Waals surface area contributed by atoms with E-state index in [1.165, 1.54) is 0 Å². The third-order valence-electron chi connectivity index (χ3n) is 0.112. The zero-order valence-corrected chi connectivity index (χ0v) is 6.74. The standard InChI is InChI=1S/CF2I2O/c2-4-1(6)5-3/q-2. The topological polar surface area (TPSA) is 17.1 Å². The third kappa shape index (κ3) is 3.19.